The Bertz CT molecular complexity index is 397. The maximum Gasteiger partial charge on any atom is 0.263 e. The van der Waals surface area contributed by atoms with Crippen molar-refractivity contribution in [3.05, 3.63) is 42.5 Å². The molecule has 1 N–H and O–H groups in total. The van der Waals surface area contributed by atoms with Gasteiger partial charge in [0.1, 0.15) is 5.69 Å². The number of rotatable bonds is 2. The highest BCUT2D eigenvalue weighted by Crippen LogP contribution is 2.15. The van der Waals surface area contributed by atoms with Crippen LogP contribution in [0.15, 0.2) is 47.5 Å². The zero-order chi connectivity index (χ0) is 9.80. The first-order chi connectivity index (χ1) is 6.90. The van der Waals surface area contributed by atoms with Gasteiger partial charge in [-0.1, -0.05) is 47.2 Å². The van der Waals surface area contributed by atoms with Crippen LogP contribution in [-0.2, 0) is 0 Å². The van der Waals surface area contributed by atoms with E-state index >= 15 is 0 Å². The van der Waals surface area contributed by atoms with Gasteiger partial charge in [-0.2, -0.15) is 0 Å². The molecule has 14 heavy (non-hydrogen) atoms. The second kappa shape index (κ2) is 4.24. The van der Waals surface area contributed by atoms with Gasteiger partial charge in [-0.3, -0.25) is 0 Å². The molecule has 0 fully saturated rings. The van der Waals surface area contributed by atoms with Crippen molar-refractivity contribution in [1.29, 1.82) is 0 Å². The number of thioether (sulfide) groups is 1. The molecular formula is C11H11N2S+. The summed E-state index contributed by atoms with van der Waals surface area (Å²) in [5.74, 6) is 0. The quantitative estimate of drug-likeness (QED) is 0.700. The minimum Gasteiger partial charge on any atom is -0.0926 e. The zero-order valence-electron chi connectivity index (χ0n) is 7.90. The molecule has 0 saturated carbocycles. The fourth-order valence-corrected chi connectivity index (χ4v) is 1.57. The van der Waals surface area contributed by atoms with Crippen LogP contribution in [-0.4, -0.2) is 11.4 Å². The summed E-state index contributed by atoms with van der Waals surface area (Å²) in [7, 11) is 0. The van der Waals surface area contributed by atoms with Gasteiger partial charge in [0.05, 0.1) is 0 Å². The molecule has 0 bridgehead atoms. The first-order valence-electron chi connectivity index (χ1n) is 4.38. The molecule has 0 aliphatic heterocycles. The number of aromatic nitrogens is 2. The van der Waals surface area contributed by atoms with Crippen molar-refractivity contribution < 1.29 is 5.10 Å². The van der Waals surface area contributed by atoms with Crippen LogP contribution in [0.3, 0.4) is 0 Å². The molecule has 3 heteroatoms. The van der Waals surface area contributed by atoms with Gasteiger partial charge in [0.25, 0.3) is 5.03 Å². The molecule has 2 aromatic rings. The largest absolute Gasteiger partial charge is 0.263 e. The number of hydrogen-bond donors (Lipinski definition) is 0. The lowest BCUT2D eigenvalue weighted by Crippen LogP contribution is -2.11. The Morgan fingerprint density at radius 2 is 1.86 bits per heavy atom. The molecule has 0 saturated heterocycles. The van der Waals surface area contributed by atoms with Crippen molar-refractivity contribution >= 4 is 11.8 Å². The van der Waals surface area contributed by atoms with Crippen LogP contribution >= 0.6 is 11.8 Å². The maximum absolute atomic E-state index is 4.27. The first-order valence-corrected chi connectivity index (χ1v) is 5.61. The molecule has 1 heterocycles. The summed E-state index contributed by atoms with van der Waals surface area (Å²) in [6.07, 6.45) is 2.02. The number of nitrogens with zero attached hydrogens (tertiary/aromatic N) is 1. The van der Waals surface area contributed by atoms with Crippen LogP contribution in [0.4, 0.5) is 0 Å². The van der Waals surface area contributed by atoms with Gasteiger partial charge in [0, 0.05) is 11.6 Å². The third kappa shape index (κ3) is 1.93. The van der Waals surface area contributed by atoms with E-state index in [1.54, 1.807) is 11.8 Å². The molecule has 70 valence electrons. The van der Waals surface area contributed by atoms with E-state index in [9.17, 15) is 0 Å². The topological polar surface area (TPSA) is 27.0 Å². The zero-order valence-corrected chi connectivity index (χ0v) is 8.71. The molecule has 1 aromatic carbocycles. The van der Waals surface area contributed by atoms with Crippen molar-refractivity contribution in [2.24, 2.45) is 0 Å². The van der Waals surface area contributed by atoms with Crippen molar-refractivity contribution in [2.75, 3.05) is 6.26 Å². The standard InChI is InChI=1S/C11H10N2S/c1-14-11-8-7-10(12-13-11)9-5-3-2-4-6-9/h2-8H,1H3/p+1. The summed E-state index contributed by atoms with van der Waals surface area (Å²) >= 11 is 1.65. The average Bonchev–Trinajstić information content (AvgIpc) is 2.30. The van der Waals surface area contributed by atoms with E-state index in [0.29, 0.717) is 0 Å². The van der Waals surface area contributed by atoms with Crippen molar-refractivity contribution in [3.63, 3.8) is 0 Å². The van der Waals surface area contributed by atoms with Crippen LogP contribution in [0, 0.1) is 0 Å². The molecule has 0 aliphatic rings. The van der Waals surface area contributed by atoms with Gasteiger partial charge in [-0.05, 0) is 17.4 Å². The summed E-state index contributed by atoms with van der Waals surface area (Å²) in [4.78, 5) is 0. The lowest BCUT2D eigenvalue weighted by atomic mass is 10.1. The Morgan fingerprint density at radius 3 is 2.43 bits per heavy atom. The monoisotopic (exact) mass is 203 g/mol. The third-order valence-electron chi connectivity index (χ3n) is 1.97. The van der Waals surface area contributed by atoms with Gasteiger partial charge < -0.3 is 0 Å². The third-order valence-corrected chi connectivity index (χ3v) is 2.64. The number of hydrogen-bond acceptors (Lipinski definition) is 2. The Morgan fingerprint density at radius 1 is 1.07 bits per heavy atom. The number of H-pyrrole nitrogens is 1. The van der Waals surface area contributed by atoms with E-state index in [1.807, 2.05) is 36.6 Å². The van der Waals surface area contributed by atoms with E-state index in [4.69, 9.17) is 0 Å². The van der Waals surface area contributed by atoms with Gasteiger partial charge >= 0.3 is 0 Å². The summed E-state index contributed by atoms with van der Waals surface area (Å²) in [5, 5.41) is 8.35. The molecule has 2 nitrogen and oxygen atoms in total. The number of benzene rings is 1. The van der Waals surface area contributed by atoms with E-state index in [-0.39, 0.29) is 0 Å². The first kappa shape index (κ1) is 9.21. The highest BCUT2D eigenvalue weighted by atomic mass is 32.2. The van der Waals surface area contributed by atoms with E-state index in [2.05, 4.69) is 22.3 Å². The smallest absolute Gasteiger partial charge is 0.0926 e. The highest BCUT2D eigenvalue weighted by Gasteiger charge is 2.03. The molecule has 0 unspecified atom stereocenters. The molecule has 0 radical (unpaired) electrons. The minimum atomic E-state index is 0.975. The summed E-state index contributed by atoms with van der Waals surface area (Å²) in [5.41, 5.74) is 2.11. The number of aromatic amines is 1. The predicted molar refractivity (Wildman–Crippen MR) is 58.0 cm³/mol. The van der Waals surface area contributed by atoms with Crippen LogP contribution in [0.1, 0.15) is 0 Å². The van der Waals surface area contributed by atoms with E-state index < -0.39 is 0 Å². The molecule has 0 amide bonds. The Kier molecular flexibility index (Phi) is 2.79. The van der Waals surface area contributed by atoms with E-state index in [1.165, 1.54) is 0 Å². The lowest BCUT2D eigenvalue weighted by Gasteiger charge is -1.95. The second-order valence-corrected chi connectivity index (χ2v) is 3.72. The van der Waals surface area contributed by atoms with Crippen molar-refractivity contribution in [1.82, 2.24) is 5.10 Å². The van der Waals surface area contributed by atoms with Gasteiger partial charge in [0.2, 0.25) is 0 Å². The van der Waals surface area contributed by atoms with Crippen molar-refractivity contribution in [2.45, 2.75) is 5.03 Å². The predicted octanol–water partition coefficient (Wildman–Crippen LogP) is 2.28. The molecule has 0 spiro atoms. The summed E-state index contributed by atoms with van der Waals surface area (Å²) in [6, 6.07) is 14.2. The van der Waals surface area contributed by atoms with Crippen LogP contribution in [0.2, 0.25) is 0 Å². The Hall–Kier alpha value is -1.35. The number of nitrogens with one attached hydrogen (secondary N) is 1. The van der Waals surface area contributed by atoms with Gasteiger partial charge in [-0.15, -0.1) is 0 Å². The van der Waals surface area contributed by atoms with Gasteiger partial charge in [0.15, 0.2) is 0 Å². The Balaban J connectivity index is 2.34. The Labute approximate surface area is 87.4 Å². The molecule has 1 aromatic heterocycles. The molecule has 2 rings (SSSR count). The maximum atomic E-state index is 4.27. The average molecular weight is 203 g/mol. The fourth-order valence-electron chi connectivity index (χ4n) is 1.23. The normalized spacial score (nSPS) is 10.1. The molecule has 0 aliphatic carbocycles. The minimum absolute atomic E-state index is 0.975. The SMILES string of the molecule is CSc1ccc(-c2ccccc2)n[nH+]1. The second-order valence-electron chi connectivity index (χ2n) is 2.88. The fraction of sp³-hybridized carbons (Fsp3) is 0.0909. The summed E-state index contributed by atoms with van der Waals surface area (Å²) in [6.45, 7) is 0. The summed E-state index contributed by atoms with van der Waals surface area (Å²) < 4.78 is 0. The molecule has 0 atom stereocenters. The van der Waals surface area contributed by atoms with Gasteiger partial charge in [-0.25, -0.2) is 0 Å². The van der Waals surface area contributed by atoms with Crippen molar-refractivity contribution in [3.8, 4) is 11.3 Å². The van der Waals surface area contributed by atoms with E-state index in [0.717, 1.165) is 16.3 Å². The van der Waals surface area contributed by atoms with Crippen LogP contribution in [0.25, 0.3) is 11.3 Å². The van der Waals surface area contributed by atoms with Crippen LogP contribution in [0.5, 0.6) is 0 Å². The molecular weight excluding hydrogens is 192 g/mol. The highest BCUT2D eigenvalue weighted by molar-refractivity contribution is 7.98. The van der Waals surface area contributed by atoms with Crippen LogP contribution < -0.4 is 5.10 Å². The lowest BCUT2D eigenvalue weighted by molar-refractivity contribution is -0.497.